The van der Waals surface area contributed by atoms with Gasteiger partial charge in [0.1, 0.15) is 0 Å². The van der Waals surface area contributed by atoms with Crippen molar-refractivity contribution in [2.24, 2.45) is 5.11 Å². The van der Waals surface area contributed by atoms with Crippen molar-refractivity contribution in [2.45, 2.75) is 6.42 Å². The second-order valence-electron chi connectivity index (χ2n) is 3.76. The molecule has 0 fully saturated rings. The molecule has 0 radical (unpaired) electrons. The molecule has 0 heterocycles. The van der Waals surface area contributed by atoms with Crippen LogP contribution in [0.3, 0.4) is 0 Å². The Balaban J connectivity index is 2.17. The zero-order valence-electron chi connectivity index (χ0n) is 9.51. The molecule has 0 aromatic heterocycles. The Morgan fingerprint density at radius 3 is 2.12 bits per heavy atom. The van der Waals surface area contributed by atoms with Crippen LogP contribution in [0.2, 0.25) is 0 Å². The number of nitrogens with zero attached hydrogens (tertiary/aromatic N) is 1. The van der Waals surface area contributed by atoms with Crippen LogP contribution in [0.5, 0.6) is 0 Å². The SMILES string of the molecule is N=N/C(=C\Cc1ccccc1)c1ccccc1. The van der Waals surface area contributed by atoms with Gasteiger partial charge in [0, 0.05) is 5.56 Å². The van der Waals surface area contributed by atoms with E-state index in [1.165, 1.54) is 5.56 Å². The molecule has 84 valence electrons. The molecule has 0 saturated carbocycles. The first-order valence-electron chi connectivity index (χ1n) is 5.57. The average molecular weight is 222 g/mol. The predicted molar refractivity (Wildman–Crippen MR) is 69.7 cm³/mol. The molecule has 0 amide bonds. The standard InChI is InChI=1S/C15H14N2/c16-17-15(14-9-5-2-6-10-14)12-11-13-7-3-1-4-8-13/h1-10,12,16H,11H2/b15-12-,17-16?. The normalized spacial score (nSPS) is 11.2. The van der Waals surface area contributed by atoms with Gasteiger partial charge in [-0.25, -0.2) is 5.53 Å². The van der Waals surface area contributed by atoms with Crippen LogP contribution < -0.4 is 0 Å². The fourth-order valence-corrected chi connectivity index (χ4v) is 1.67. The molecule has 17 heavy (non-hydrogen) atoms. The van der Waals surface area contributed by atoms with E-state index in [1.807, 2.05) is 54.6 Å². The van der Waals surface area contributed by atoms with Crippen LogP contribution in [0.4, 0.5) is 0 Å². The highest BCUT2D eigenvalue weighted by Gasteiger charge is 1.98. The maximum absolute atomic E-state index is 7.22. The summed E-state index contributed by atoms with van der Waals surface area (Å²) in [7, 11) is 0. The summed E-state index contributed by atoms with van der Waals surface area (Å²) in [5.41, 5.74) is 10.1. The highest BCUT2D eigenvalue weighted by atomic mass is 15.0. The van der Waals surface area contributed by atoms with E-state index in [0.29, 0.717) is 0 Å². The molecule has 0 spiro atoms. The van der Waals surface area contributed by atoms with Crippen LogP contribution in [-0.4, -0.2) is 0 Å². The number of allylic oxidation sites excluding steroid dienone is 1. The van der Waals surface area contributed by atoms with Crippen molar-refractivity contribution in [3.8, 4) is 0 Å². The van der Waals surface area contributed by atoms with E-state index in [1.54, 1.807) is 0 Å². The zero-order chi connectivity index (χ0) is 11.9. The smallest absolute Gasteiger partial charge is 0.0885 e. The molecular weight excluding hydrogens is 208 g/mol. The second-order valence-corrected chi connectivity index (χ2v) is 3.76. The van der Waals surface area contributed by atoms with Crippen LogP contribution >= 0.6 is 0 Å². The van der Waals surface area contributed by atoms with Gasteiger partial charge in [-0.1, -0.05) is 66.7 Å². The fourth-order valence-electron chi connectivity index (χ4n) is 1.67. The Kier molecular flexibility index (Phi) is 3.81. The summed E-state index contributed by atoms with van der Waals surface area (Å²) in [4.78, 5) is 0. The minimum atomic E-state index is 0.717. The third kappa shape index (κ3) is 3.11. The highest BCUT2D eigenvalue weighted by molar-refractivity contribution is 5.63. The Morgan fingerprint density at radius 2 is 1.53 bits per heavy atom. The molecule has 2 aromatic carbocycles. The quantitative estimate of drug-likeness (QED) is 0.749. The first-order chi connectivity index (χ1) is 8.40. The summed E-state index contributed by atoms with van der Waals surface area (Å²) < 4.78 is 0. The lowest BCUT2D eigenvalue weighted by molar-refractivity contribution is 1.14. The number of rotatable bonds is 4. The van der Waals surface area contributed by atoms with Crippen LogP contribution in [0.15, 0.2) is 71.9 Å². The zero-order valence-corrected chi connectivity index (χ0v) is 9.51. The van der Waals surface area contributed by atoms with E-state index < -0.39 is 0 Å². The Labute approximate surface area is 101 Å². The Morgan fingerprint density at radius 1 is 0.941 bits per heavy atom. The maximum atomic E-state index is 7.22. The largest absolute Gasteiger partial charge is 0.204 e. The summed E-state index contributed by atoms with van der Waals surface area (Å²) in [5, 5.41) is 3.58. The van der Waals surface area contributed by atoms with E-state index in [4.69, 9.17) is 5.53 Å². The molecule has 0 bridgehead atoms. The number of hydrogen-bond acceptors (Lipinski definition) is 2. The lowest BCUT2D eigenvalue weighted by atomic mass is 10.1. The molecule has 2 aromatic rings. The minimum Gasteiger partial charge on any atom is -0.204 e. The molecular formula is C15H14N2. The van der Waals surface area contributed by atoms with Crippen LogP contribution in [0, 0.1) is 5.53 Å². The van der Waals surface area contributed by atoms with Gasteiger partial charge in [0.2, 0.25) is 0 Å². The van der Waals surface area contributed by atoms with Gasteiger partial charge in [0.15, 0.2) is 0 Å². The average Bonchev–Trinajstić information content (AvgIpc) is 2.42. The molecule has 0 aliphatic carbocycles. The third-order valence-electron chi connectivity index (χ3n) is 2.56. The highest BCUT2D eigenvalue weighted by Crippen LogP contribution is 2.16. The van der Waals surface area contributed by atoms with Crippen molar-refractivity contribution >= 4 is 5.70 Å². The van der Waals surface area contributed by atoms with Gasteiger partial charge < -0.3 is 0 Å². The van der Waals surface area contributed by atoms with E-state index >= 15 is 0 Å². The lowest BCUT2D eigenvalue weighted by Crippen LogP contribution is -1.84. The molecule has 0 unspecified atom stereocenters. The molecule has 1 N–H and O–H groups in total. The third-order valence-corrected chi connectivity index (χ3v) is 2.56. The number of hydrogen-bond donors (Lipinski definition) is 1. The van der Waals surface area contributed by atoms with Crippen LogP contribution in [-0.2, 0) is 6.42 Å². The number of nitrogens with one attached hydrogen (secondary N) is 1. The molecule has 0 aliphatic heterocycles. The monoisotopic (exact) mass is 222 g/mol. The summed E-state index contributed by atoms with van der Waals surface area (Å²) in [6, 6.07) is 20.0. The first kappa shape index (κ1) is 11.3. The van der Waals surface area contributed by atoms with Gasteiger partial charge in [-0.05, 0) is 12.0 Å². The molecule has 2 nitrogen and oxygen atoms in total. The van der Waals surface area contributed by atoms with E-state index in [-0.39, 0.29) is 0 Å². The maximum Gasteiger partial charge on any atom is 0.0885 e. The van der Waals surface area contributed by atoms with Gasteiger partial charge in [0.25, 0.3) is 0 Å². The summed E-state index contributed by atoms with van der Waals surface area (Å²) in [6.45, 7) is 0. The second kappa shape index (κ2) is 5.75. The number of benzene rings is 2. The van der Waals surface area contributed by atoms with Gasteiger partial charge >= 0.3 is 0 Å². The van der Waals surface area contributed by atoms with Gasteiger partial charge in [-0.2, -0.15) is 5.11 Å². The van der Waals surface area contributed by atoms with Gasteiger partial charge in [0.05, 0.1) is 5.70 Å². The molecule has 0 saturated heterocycles. The summed E-state index contributed by atoms with van der Waals surface area (Å²) in [6.07, 6.45) is 2.78. The predicted octanol–water partition coefficient (Wildman–Crippen LogP) is 4.30. The van der Waals surface area contributed by atoms with Crippen molar-refractivity contribution in [1.82, 2.24) is 0 Å². The van der Waals surface area contributed by atoms with Crippen molar-refractivity contribution in [3.63, 3.8) is 0 Å². The van der Waals surface area contributed by atoms with Crippen molar-refractivity contribution in [2.75, 3.05) is 0 Å². The van der Waals surface area contributed by atoms with E-state index in [0.717, 1.165) is 17.7 Å². The lowest BCUT2D eigenvalue weighted by Gasteiger charge is -2.00. The van der Waals surface area contributed by atoms with Gasteiger partial charge in [-0.15, -0.1) is 0 Å². The van der Waals surface area contributed by atoms with Crippen LogP contribution in [0.1, 0.15) is 11.1 Å². The summed E-state index contributed by atoms with van der Waals surface area (Å²) >= 11 is 0. The van der Waals surface area contributed by atoms with Crippen molar-refractivity contribution < 1.29 is 0 Å². The fraction of sp³-hybridized carbons (Fsp3) is 0.0667. The van der Waals surface area contributed by atoms with E-state index in [2.05, 4.69) is 17.2 Å². The molecule has 2 rings (SSSR count). The van der Waals surface area contributed by atoms with E-state index in [9.17, 15) is 0 Å². The molecule has 2 heteroatoms. The minimum absolute atomic E-state index is 0.717. The molecule has 0 aliphatic rings. The Hall–Kier alpha value is -2.22. The van der Waals surface area contributed by atoms with Gasteiger partial charge in [-0.3, -0.25) is 0 Å². The summed E-state index contributed by atoms with van der Waals surface area (Å²) in [5.74, 6) is 0. The van der Waals surface area contributed by atoms with Crippen molar-refractivity contribution in [3.05, 3.63) is 77.9 Å². The first-order valence-corrected chi connectivity index (χ1v) is 5.57. The van der Waals surface area contributed by atoms with Crippen molar-refractivity contribution in [1.29, 1.82) is 5.53 Å². The topological polar surface area (TPSA) is 36.2 Å². The molecule has 0 atom stereocenters. The van der Waals surface area contributed by atoms with Crippen LogP contribution in [0.25, 0.3) is 5.70 Å². The Bertz CT molecular complexity index is 501.